The van der Waals surface area contributed by atoms with Crippen LogP contribution in [-0.4, -0.2) is 36.0 Å². The standard InChI is InChI=1S/C21H19ClN6OS/c1-15(16-5-7-18(8-6-16)28-14-23-13-25-28)26-20(29)12-30-21-24-9-10-27(21)19-4-2-3-17(22)11-19/h2-11,13-15H,12H2,1H3,(H,26,29)/t15-/m1/s1. The van der Waals surface area contributed by atoms with Crippen molar-refractivity contribution in [3.05, 3.63) is 84.2 Å². The fourth-order valence-corrected chi connectivity index (χ4v) is 3.94. The van der Waals surface area contributed by atoms with E-state index in [-0.39, 0.29) is 17.7 Å². The second-order valence-electron chi connectivity index (χ2n) is 6.57. The van der Waals surface area contributed by atoms with Crippen molar-refractivity contribution in [2.24, 2.45) is 0 Å². The van der Waals surface area contributed by atoms with Crippen LogP contribution < -0.4 is 5.32 Å². The van der Waals surface area contributed by atoms with E-state index in [2.05, 4.69) is 20.4 Å². The topological polar surface area (TPSA) is 77.6 Å². The lowest BCUT2D eigenvalue weighted by molar-refractivity contribution is -0.119. The summed E-state index contributed by atoms with van der Waals surface area (Å²) >= 11 is 7.46. The van der Waals surface area contributed by atoms with E-state index in [1.807, 2.05) is 66.2 Å². The molecule has 1 atom stereocenters. The molecule has 1 N–H and O–H groups in total. The van der Waals surface area contributed by atoms with Gasteiger partial charge in [-0.3, -0.25) is 9.36 Å². The Morgan fingerprint density at radius 2 is 2.03 bits per heavy atom. The minimum absolute atomic E-state index is 0.0616. The highest BCUT2D eigenvalue weighted by Crippen LogP contribution is 2.23. The molecule has 0 saturated carbocycles. The molecule has 0 aliphatic rings. The molecule has 2 aromatic carbocycles. The first-order chi connectivity index (χ1) is 14.6. The number of rotatable bonds is 7. The van der Waals surface area contributed by atoms with Crippen molar-refractivity contribution in [3.8, 4) is 11.4 Å². The van der Waals surface area contributed by atoms with E-state index >= 15 is 0 Å². The second-order valence-corrected chi connectivity index (χ2v) is 7.95. The van der Waals surface area contributed by atoms with Gasteiger partial charge in [0.1, 0.15) is 12.7 Å². The molecule has 7 nitrogen and oxygen atoms in total. The molecule has 1 amide bonds. The van der Waals surface area contributed by atoms with Gasteiger partial charge in [0.15, 0.2) is 5.16 Å². The predicted molar refractivity (Wildman–Crippen MR) is 117 cm³/mol. The number of hydrogen-bond donors (Lipinski definition) is 1. The van der Waals surface area contributed by atoms with Crippen molar-refractivity contribution < 1.29 is 4.79 Å². The van der Waals surface area contributed by atoms with E-state index in [1.165, 1.54) is 18.1 Å². The van der Waals surface area contributed by atoms with Crippen LogP contribution >= 0.6 is 23.4 Å². The van der Waals surface area contributed by atoms with Gasteiger partial charge in [-0.1, -0.05) is 41.6 Å². The molecule has 0 unspecified atom stereocenters. The molecule has 0 aliphatic heterocycles. The van der Waals surface area contributed by atoms with Crippen molar-refractivity contribution in [2.45, 2.75) is 18.1 Å². The Bertz CT molecular complexity index is 1130. The highest BCUT2D eigenvalue weighted by Gasteiger charge is 2.13. The lowest BCUT2D eigenvalue weighted by Gasteiger charge is -2.15. The molecule has 2 aromatic heterocycles. The number of hydrogen-bond acceptors (Lipinski definition) is 5. The number of thioether (sulfide) groups is 1. The summed E-state index contributed by atoms with van der Waals surface area (Å²) in [6, 6.07) is 15.2. The van der Waals surface area contributed by atoms with E-state index in [0.717, 1.165) is 22.1 Å². The maximum Gasteiger partial charge on any atom is 0.230 e. The first kappa shape index (κ1) is 20.2. The van der Waals surface area contributed by atoms with Gasteiger partial charge >= 0.3 is 0 Å². The molecular weight excluding hydrogens is 420 g/mol. The minimum atomic E-state index is -0.115. The van der Waals surface area contributed by atoms with Gasteiger partial charge in [-0.25, -0.2) is 14.6 Å². The van der Waals surface area contributed by atoms with Crippen molar-refractivity contribution in [1.29, 1.82) is 0 Å². The maximum absolute atomic E-state index is 12.5. The smallest absolute Gasteiger partial charge is 0.230 e. The number of carbonyl (C=O) groups is 1. The van der Waals surface area contributed by atoms with Crippen LogP contribution in [0, 0.1) is 0 Å². The lowest BCUT2D eigenvalue weighted by atomic mass is 10.1. The van der Waals surface area contributed by atoms with Crippen LogP contribution in [0.15, 0.2) is 78.7 Å². The highest BCUT2D eigenvalue weighted by atomic mass is 35.5. The average Bonchev–Trinajstić information content (AvgIpc) is 3.44. The summed E-state index contributed by atoms with van der Waals surface area (Å²) in [5.74, 6) is 0.201. The number of amides is 1. The Morgan fingerprint density at radius 1 is 1.20 bits per heavy atom. The van der Waals surface area contributed by atoms with E-state index in [9.17, 15) is 4.79 Å². The Labute approximate surface area is 183 Å². The number of benzene rings is 2. The van der Waals surface area contributed by atoms with Crippen molar-refractivity contribution in [1.82, 2.24) is 29.6 Å². The van der Waals surface area contributed by atoms with Gasteiger partial charge in [-0.2, -0.15) is 5.10 Å². The molecule has 0 fully saturated rings. The normalized spacial score (nSPS) is 11.9. The van der Waals surface area contributed by atoms with Crippen LogP contribution in [0.4, 0.5) is 0 Å². The second kappa shape index (κ2) is 9.15. The molecule has 0 radical (unpaired) electrons. The monoisotopic (exact) mass is 438 g/mol. The molecule has 0 spiro atoms. The quantitative estimate of drug-likeness (QED) is 0.440. The molecule has 30 heavy (non-hydrogen) atoms. The summed E-state index contributed by atoms with van der Waals surface area (Å²) in [6.45, 7) is 1.96. The molecule has 4 rings (SSSR count). The number of halogens is 1. The number of imidazole rings is 1. The third kappa shape index (κ3) is 4.72. The van der Waals surface area contributed by atoms with Crippen molar-refractivity contribution in [3.63, 3.8) is 0 Å². The third-order valence-electron chi connectivity index (χ3n) is 4.48. The van der Waals surface area contributed by atoms with Crippen LogP contribution in [0.5, 0.6) is 0 Å². The Morgan fingerprint density at radius 3 is 2.77 bits per heavy atom. The van der Waals surface area contributed by atoms with E-state index in [1.54, 1.807) is 17.2 Å². The van der Waals surface area contributed by atoms with Gasteiger partial charge in [-0.05, 0) is 42.8 Å². The fourth-order valence-electron chi connectivity index (χ4n) is 2.97. The highest BCUT2D eigenvalue weighted by molar-refractivity contribution is 7.99. The van der Waals surface area contributed by atoms with Crippen LogP contribution in [-0.2, 0) is 4.79 Å². The Hall–Kier alpha value is -3.10. The minimum Gasteiger partial charge on any atom is -0.349 e. The molecule has 152 valence electrons. The summed E-state index contributed by atoms with van der Waals surface area (Å²) in [7, 11) is 0. The zero-order valence-corrected chi connectivity index (χ0v) is 17.7. The summed E-state index contributed by atoms with van der Waals surface area (Å²) in [5, 5.41) is 8.52. The average molecular weight is 439 g/mol. The molecule has 0 bridgehead atoms. The Balaban J connectivity index is 1.35. The number of carbonyl (C=O) groups excluding carboxylic acids is 1. The molecule has 9 heteroatoms. The molecular formula is C21H19ClN6OS. The number of nitrogens with one attached hydrogen (secondary N) is 1. The molecule has 4 aromatic rings. The largest absolute Gasteiger partial charge is 0.349 e. The summed E-state index contributed by atoms with van der Waals surface area (Å²) in [6.07, 6.45) is 6.70. The van der Waals surface area contributed by atoms with Crippen LogP contribution in [0.25, 0.3) is 11.4 Å². The van der Waals surface area contributed by atoms with Gasteiger partial charge < -0.3 is 5.32 Å². The van der Waals surface area contributed by atoms with Gasteiger partial charge in [0.05, 0.1) is 17.5 Å². The zero-order chi connectivity index (χ0) is 20.9. The molecule has 2 heterocycles. The van der Waals surface area contributed by atoms with Gasteiger partial charge in [0.2, 0.25) is 5.91 Å². The van der Waals surface area contributed by atoms with Crippen molar-refractivity contribution >= 4 is 29.3 Å². The zero-order valence-electron chi connectivity index (χ0n) is 16.1. The first-order valence-electron chi connectivity index (χ1n) is 9.26. The summed E-state index contributed by atoms with van der Waals surface area (Å²) in [4.78, 5) is 20.8. The summed E-state index contributed by atoms with van der Waals surface area (Å²) in [5.41, 5.74) is 2.83. The van der Waals surface area contributed by atoms with E-state index in [4.69, 9.17) is 11.6 Å². The SMILES string of the molecule is C[C@@H](NC(=O)CSc1nccn1-c1cccc(Cl)c1)c1ccc(-n2cncn2)cc1. The molecule has 0 aliphatic carbocycles. The third-order valence-corrected chi connectivity index (χ3v) is 5.68. The number of nitrogens with zero attached hydrogens (tertiary/aromatic N) is 5. The van der Waals surface area contributed by atoms with Gasteiger partial charge in [-0.15, -0.1) is 0 Å². The van der Waals surface area contributed by atoms with Gasteiger partial charge in [0.25, 0.3) is 0 Å². The molecule has 0 saturated heterocycles. The van der Waals surface area contributed by atoms with Crippen molar-refractivity contribution in [2.75, 3.05) is 5.75 Å². The van der Waals surface area contributed by atoms with Crippen LogP contribution in [0.1, 0.15) is 18.5 Å². The first-order valence-corrected chi connectivity index (χ1v) is 10.6. The van der Waals surface area contributed by atoms with E-state index in [0.29, 0.717) is 5.02 Å². The lowest BCUT2D eigenvalue weighted by Crippen LogP contribution is -2.28. The van der Waals surface area contributed by atoms with Crippen LogP contribution in [0.2, 0.25) is 5.02 Å². The predicted octanol–water partition coefficient (Wildman–Crippen LogP) is 4.08. The summed E-state index contributed by atoms with van der Waals surface area (Å²) < 4.78 is 3.60. The maximum atomic E-state index is 12.5. The Kier molecular flexibility index (Phi) is 6.15. The van der Waals surface area contributed by atoms with Crippen LogP contribution in [0.3, 0.4) is 0 Å². The number of aromatic nitrogens is 5. The van der Waals surface area contributed by atoms with E-state index < -0.39 is 0 Å². The fraction of sp³-hybridized carbons (Fsp3) is 0.143. The van der Waals surface area contributed by atoms with Gasteiger partial charge in [0, 0.05) is 23.1 Å².